The molecule has 0 aliphatic rings. The Morgan fingerprint density at radius 1 is 0.837 bits per heavy atom. The summed E-state index contributed by atoms with van der Waals surface area (Å²) in [5, 5.41) is 3.56. The van der Waals surface area contributed by atoms with Gasteiger partial charge in [-0.1, -0.05) is 95.5 Å². The van der Waals surface area contributed by atoms with E-state index < -0.39 is 34.4 Å². The van der Waals surface area contributed by atoms with Crippen LogP contribution in [0.2, 0.25) is 15.1 Å². The lowest BCUT2D eigenvalue weighted by molar-refractivity contribution is -0.139. The van der Waals surface area contributed by atoms with Crippen LogP contribution < -0.4 is 9.62 Å². The summed E-state index contributed by atoms with van der Waals surface area (Å²) in [6.45, 7) is 0.965. The fourth-order valence-corrected chi connectivity index (χ4v) is 6.83. The number of hydrogen-bond donors (Lipinski definition) is 1. The summed E-state index contributed by atoms with van der Waals surface area (Å²) in [5.41, 5.74) is 2.06. The topological polar surface area (TPSA) is 86.8 Å². The zero-order valence-corrected chi connectivity index (χ0v) is 26.6. The molecule has 0 aliphatic heterocycles. The highest BCUT2D eigenvalue weighted by molar-refractivity contribution is 7.92. The SMILES string of the molecule is CNC(=O)[C@H](Cc1ccccc1)N(Cc1c(Cl)cccc1Cl)C(=O)CN(c1cc(Cl)ccc1C)S(=O)(=O)c1ccccc1. The molecule has 224 valence electrons. The molecular formula is C32H30Cl3N3O4S. The largest absolute Gasteiger partial charge is 0.357 e. The number of rotatable bonds is 11. The van der Waals surface area contributed by atoms with Crippen molar-refractivity contribution >= 4 is 62.3 Å². The van der Waals surface area contributed by atoms with Gasteiger partial charge in [-0.15, -0.1) is 0 Å². The number of aryl methyl sites for hydroxylation is 1. The Morgan fingerprint density at radius 3 is 2.05 bits per heavy atom. The molecule has 7 nitrogen and oxygen atoms in total. The second-order valence-electron chi connectivity index (χ2n) is 9.80. The van der Waals surface area contributed by atoms with E-state index in [2.05, 4.69) is 5.32 Å². The molecule has 0 saturated heterocycles. The van der Waals surface area contributed by atoms with Gasteiger partial charge in [-0.2, -0.15) is 0 Å². The van der Waals surface area contributed by atoms with Crippen molar-refractivity contribution in [3.8, 4) is 0 Å². The Kier molecular flexibility index (Phi) is 10.7. The molecular weight excluding hydrogens is 629 g/mol. The Morgan fingerprint density at radius 2 is 1.44 bits per heavy atom. The standard InChI is InChI=1S/C32H30Cl3N3O4S/c1-22-16-17-24(33)19-29(22)38(43(41,42)25-12-7-4-8-13-25)21-31(39)37(20-26-27(34)14-9-15-28(26)35)30(32(40)36-2)18-23-10-5-3-6-11-23/h3-17,19,30H,18,20-21H2,1-2H3,(H,36,40)/t30-/m0/s1. The molecule has 1 atom stereocenters. The molecule has 4 rings (SSSR count). The summed E-state index contributed by atoms with van der Waals surface area (Å²) in [6.07, 6.45) is 0.163. The predicted molar refractivity (Wildman–Crippen MR) is 172 cm³/mol. The molecule has 0 spiro atoms. The molecule has 2 amide bonds. The van der Waals surface area contributed by atoms with Crippen molar-refractivity contribution in [1.82, 2.24) is 10.2 Å². The van der Waals surface area contributed by atoms with Crippen molar-refractivity contribution < 1.29 is 18.0 Å². The van der Waals surface area contributed by atoms with Gasteiger partial charge in [0.15, 0.2) is 0 Å². The monoisotopic (exact) mass is 657 g/mol. The lowest BCUT2D eigenvalue weighted by Gasteiger charge is -2.34. The molecule has 0 aromatic heterocycles. The Bertz CT molecular complexity index is 1680. The average Bonchev–Trinajstić information content (AvgIpc) is 3.00. The molecule has 43 heavy (non-hydrogen) atoms. The normalized spacial score (nSPS) is 11.9. The van der Waals surface area contributed by atoms with E-state index >= 15 is 0 Å². The third-order valence-corrected chi connectivity index (χ3v) is 9.67. The predicted octanol–water partition coefficient (Wildman–Crippen LogP) is 6.54. The summed E-state index contributed by atoms with van der Waals surface area (Å²) < 4.78 is 29.1. The van der Waals surface area contributed by atoms with Gasteiger partial charge in [-0.3, -0.25) is 13.9 Å². The molecule has 4 aromatic rings. The van der Waals surface area contributed by atoms with Crippen LogP contribution in [0.3, 0.4) is 0 Å². The van der Waals surface area contributed by atoms with Crippen LogP contribution in [0.25, 0.3) is 0 Å². The minimum Gasteiger partial charge on any atom is -0.357 e. The quantitative estimate of drug-likeness (QED) is 0.198. The van der Waals surface area contributed by atoms with Crippen LogP contribution in [0.1, 0.15) is 16.7 Å². The molecule has 0 aliphatic carbocycles. The molecule has 0 fully saturated rings. The summed E-state index contributed by atoms with van der Waals surface area (Å²) >= 11 is 19.3. The fourth-order valence-electron chi connectivity index (χ4n) is 4.66. The van der Waals surface area contributed by atoms with Gasteiger partial charge in [0.25, 0.3) is 10.0 Å². The van der Waals surface area contributed by atoms with Gasteiger partial charge < -0.3 is 10.2 Å². The number of carbonyl (C=O) groups is 2. The van der Waals surface area contributed by atoms with Crippen molar-refractivity contribution in [3.63, 3.8) is 0 Å². The minimum atomic E-state index is -4.25. The van der Waals surface area contributed by atoms with Crippen molar-refractivity contribution in [2.45, 2.75) is 30.8 Å². The number of likely N-dealkylation sites (N-methyl/N-ethyl adjacent to an activating group) is 1. The maximum atomic E-state index is 14.4. The van der Waals surface area contributed by atoms with Gasteiger partial charge in [-0.05, 0) is 54.4 Å². The summed E-state index contributed by atoms with van der Waals surface area (Å²) in [5.74, 6) is -1.07. The number of anilines is 1. The zero-order chi connectivity index (χ0) is 31.1. The van der Waals surface area contributed by atoms with Gasteiger partial charge >= 0.3 is 0 Å². The summed E-state index contributed by atoms with van der Waals surface area (Å²) in [4.78, 5) is 29.1. The highest BCUT2D eigenvalue weighted by Crippen LogP contribution is 2.31. The number of nitrogens with zero attached hydrogens (tertiary/aromatic N) is 2. The van der Waals surface area contributed by atoms with E-state index in [-0.39, 0.29) is 23.5 Å². The number of benzene rings is 4. The van der Waals surface area contributed by atoms with Gasteiger partial charge in [0, 0.05) is 40.6 Å². The Labute approximate surface area is 267 Å². The highest BCUT2D eigenvalue weighted by atomic mass is 35.5. The fraction of sp³-hybridized carbons (Fsp3) is 0.188. The van der Waals surface area contributed by atoms with E-state index in [1.54, 1.807) is 55.5 Å². The lowest BCUT2D eigenvalue weighted by atomic mass is 10.0. The van der Waals surface area contributed by atoms with Crippen LogP contribution in [0.5, 0.6) is 0 Å². The van der Waals surface area contributed by atoms with E-state index in [9.17, 15) is 18.0 Å². The van der Waals surface area contributed by atoms with Crippen LogP contribution in [0.15, 0.2) is 102 Å². The number of hydrogen-bond acceptors (Lipinski definition) is 4. The number of carbonyl (C=O) groups excluding carboxylic acids is 2. The number of sulfonamides is 1. The maximum absolute atomic E-state index is 14.4. The van der Waals surface area contributed by atoms with Crippen LogP contribution in [0, 0.1) is 6.92 Å². The van der Waals surface area contributed by atoms with Gasteiger partial charge in [0.05, 0.1) is 10.6 Å². The van der Waals surface area contributed by atoms with Crippen LogP contribution >= 0.6 is 34.8 Å². The highest BCUT2D eigenvalue weighted by Gasteiger charge is 2.35. The Hall–Kier alpha value is -3.56. The third kappa shape index (κ3) is 7.70. The molecule has 11 heteroatoms. The molecule has 1 N–H and O–H groups in total. The number of nitrogens with one attached hydrogen (secondary N) is 1. The van der Waals surface area contributed by atoms with Gasteiger partial charge in [0.1, 0.15) is 12.6 Å². The Balaban J connectivity index is 1.85. The second-order valence-corrected chi connectivity index (χ2v) is 12.9. The zero-order valence-electron chi connectivity index (χ0n) is 23.5. The minimum absolute atomic E-state index is 0.00462. The van der Waals surface area contributed by atoms with Crippen LogP contribution in [0.4, 0.5) is 5.69 Å². The van der Waals surface area contributed by atoms with Gasteiger partial charge in [0.2, 0.25) is 11.8 Å². The third-order valence-electron chi connectivity index (χ3n) is 6.96. The first-order valence-electron chi connectivity index (χ1n) is 13.3. The van der Waals surface area contributed by atoms with Gasteiger partial charge in [-0.25, -0.2) is 8.42 Å². The van der Waals surface area contributed by atoms with E-state index in [4.69, 9.17) is 34.8 Å². The molecule has 4 aromatic carbocycles. The second kappa shape index (κ2) is 14.3. The summed E-state index contributed by atoms with van der Waals surface area (Å²) in [6, 6.07) is 25.8. The van der Waals surface area contributed by atoms with Crippen molar-refractivity contribution in [2.24, 2.45) is 0 Å². The smallest absolute Gasteiger partial charge is 0.264 e. The first-order valence-corrected chi connectivity index (χ1v) is 15.9. The van der Waals surface area contributed by atoms with E-state index in [1.807, 2.05) is 30.3 Å². The lowest BCUT2D eigenvalue weighted by Crippen LogP contribution is -2.53. The van der Waals surface area contributed by atoms with Crippen molar-refractivity contribution in [1.29, 1.82) is 0 Å². The van der Waals surface area contributed by atoms with E-state index in [0.29, 0.717) is 26.2 Å². The molecule has 0 saturated carbocycles. The molecule has 0 heterocycles. The van der Waals surface area contributed by atoms with Crippen molar-refractivity contribution in [3.05, 3.63) is 129 Å². The average molecular weight is 659 g/mol. The molecule has 0 radical (unpaired) electrons. The van der Waals surface area contributed by atoms with Crippen LogP contribution in [-0.2, 0) is 32.6 Å². The van der Waals surface area contributed by atoms with Crippen molar-refractivity contribution in [2.75, 3.05) is 17.9 Å². The van der Waals surface area contributed by atoms with E-state index in [0.717, 1.165) is 9.87 Å². The molecule has 0 bridgehead atoms. The first kappa shape index (κ1) is 32.4. The summed E-state index contributed by atoms with van der Waals surface area (Å²) in [7, 11) is -2.77. The number of amides is 2. The maximum Gasteiger partial charge on any atom is 0.264 e. The van der Waals surface area contributed by atoms with Crippen LogP contribution in [-0.4, -0.2) is 44.8 Å². The van der Waals surface area contributed by atoms with E-state index in [1.165, 1.54) is 30.1 Å². The first-order chi connectivity index (χ1) is 20.5. The molecule has 0 unspecified atom stereocenters. The number of halogens is 3.